The maximum Gasteiger partial charge on any atom is 0.130 e. The van der Waals surface area contributed by atoms with E-state index in [9.17, 15) is 4.39 Å². The number of methoxy groups -OCH3 is 1. The molecule has 2 atom stereocenters. The Morgan fingerprint density at radius 1 is 1.19 bits per heavy atom. The van der Waals surface area contributed by atoms with Gasteiger partial charge in [0.25, 0.3) is 0 Å². The minimum absolute atomic E-state index is 0.129. The summed E-state index contributed by atoms with van der Waals surface area (Å²) in [5, 5.41) is 3.27. The molecule has 0 spiro atoms. The van der Waals surface area contributed by atoms with Crippen molar-refractivity contribution in [3.05, 3.63) is 59.4 Å². The lowest BCUT2D eigenvalue weighted by atomic mass is 9.92. The van der Waals surface area contributed by atoms with E-state index < -0.39 is 0 Å². The molecular weight excluding hydrogens is 269 g/mol. The summed E-state index contributed by atoms with van der Waals surface area (Å²) in [7, 11) is 3.52. The fourth-order valence-corrected chi connectivity index (χ4v) is 2.77. The van der Waals surface area contributed by atoms with Gasteiger partial charge in [-0.2, -0.15) is 0 Å². The molecule has 0 saturated heterocycles. The summed E-state index contributed by atoms with van der Waals surface area (Å²) in [6.45, 7) is 0. The number of nitrogens with one attached hydrogen (secondary N) is 1. The van der Waals surface area contributed by atoms with Gasteiger partial charge in [0.1, 0.15) is 23.4 Å². The Morgan fingerprint density at radius 3 is 2.71 bits per heavy atom. The van der Waals surface area contributed by atoms with Gasteiger partial charge in [-0.1, -0.05) is 24.3 Å². The molecule has 3 rings (SSSR count). The van der Waals surface area contributed by atoms with Crippen LogP contribution in [0.4, 0.5) is 4.39 Å². The van der Waals surface area contributed by atoms with E-state index in [4.69, 9.17) is 9.47 Å². The first-order valence-electron chi connectivity index (χ1n) is 6.99. The monoisotopic (exact) mass is 287 g/mol. The Kier molecular flexibility index (Phi) is 3.80. The van der Waals surface area contributed by atoms with Crippen LogP contribution in [0.25, 0.3) is 0 Å². The molecule has 0 fully saturated rings. The zero-order chi connectivity index (χ0) is 14.8. The third kappa shape index (κ3) is 2.59. The fourth-order valence-electron chi connectivity index (χ4n) is 2.77. The van der Waals surface area contributed by atoms with Crippen molar-refractivity contribution in [3.63, 3.8) is 0 Å². The molecule has 2 unspecified atom stereocenters. The van der Waals surface area contributed by atoms with Crippen molar-refractivity contribution in [3.8, 4) is 11.5 Å². The molecule has 1 N–H and O–H groups in total. The van der Waals surface area contributed by atoms with Crippen molar-refractivity contribution in [1.82, 2.24) is 5.32 Å². The van der Waals surface area contributed by atoms with Crippen molar-refractivity contribution in [2.45, 2.75) is 18.6 Å². The van der Waals surface area contributed by atoms with Crippen LogP contribution < -0.4 is 14.8 Å². The van der Waals surface area contributed by atoms with Crippen LogP contribution in [0.5, 0.6) is 11.5 Å². The van der Waals surface area contributed by atoms with E-state index >= 15 is 0 Å². The summed E-state index contributed by atoms with van der Waals surface area (Å²) in [6.07, 6.45) is 0.389. The van der Waals surface area contributed by atoms with Gasteiger partial charge >= 0.3 is 0 Å². The predicted octanol–water partition coefficient (Wildman–Crippen LogP) is 3.62. The van der Waals surface area contributed by atoms with Crippen LogP contribution in [-0.4, -0.2) is 14.2 Å². The molecular formula is C17H18FNO2. The summed E-state index contributed by atoms with van der Waals surface area (Å²) < 4.78 is 25.3. The molecule has 0 aromatic heterocycles. The van der Waals surface area contributed by atoms with Crippen LogP contribution in [0, 0.1) is 5.82 Å². The molecule has 110 valence electrons. The lowest BCUT2D eigenvalue weighted by Crippen LogP contribution is -2.27. The molecule has 2 aromatic carbocycles. The summed E-state index contributed by atoms with van der Waals surface area (Å²) in [5.41, 5.74) is 1.66. The highest BCUT2D eigenvalue weighted by Crippen LogP contribution is 2.42. The maximum absolute atomic E-state index is 14.0. The van der Waals surface area contributed by atoms with Crippen LogP contribution in [0.2, 0.25) is 0 Å². The topological polar surface area (TPSA) is 30.5 Å². The van der Waals surface area contributed by atoms with Crippen molar-refractivity contribution in [2.75, 3.05) is 14.2 Å². The minimum atomic E-state index is -0.303. The summed E-state index contributed by atoms with van der Waals surface area (Å²) in [4.78, 5) is 0. The van der Waals surface area contributed by atoms with Crippen LogP contribution in [-0.2, 0) is 0 Å². The molecule has 4 heteroatoms. The number of hydrogen-bond donors (Lipinski definition) is 1. The van der Waals surface area contributed by atoms with Crippen molar-refractivity contribution >= 4 is 0 Å². The Morgan fingerprint density at radius 2 is 2.00 bits per heavy atom. The van der Waals surface area contributed by atoms with E-state index in [1.54, 1.807) is 19.2 Å². The van der Waals surface area contributed by atoms with Gasteiger partial charge < -0.3 is 14.8 Å². The molecule has 1 aliphatic rings. The van der Waals surface area contributed by atoms with Gasteiger partial charge in [0.2, 0.25) is 0 Å². The number of fused-ring (bicyclic) bond motifs is 1. The van der Waals surface area contributed by atoms with Gasteiger partial charge in [-0.05, 0) is 19.2 Å². The second kappa shape index (κ2) is 5.74. The molecule has 2 aromatic rings. The molecule has 1 heterocycles. The normalized spacial score (nSPS) is 20.5. The molecule has 3 nitrogen and oxygen atoms in total. The highest BCUT2D eigenvalue weighted by Gasteiger charge is 2.30. The first-order valence-corrected chi connectivity index (χ1v) is 6.99. The average molecular weight is 287 g/mol. The first-order chi connectivity index (χ1) is 10.2. The minimum Gasteiger partial charge on any atom is -0.497 e. The molecule has 0 bridgehead atoms. The standard InChI is InChI=1S/C17H18FNO2/c1-19-15-10-17(12-5-3-4-6-14(12)18)21-16-9-11(20-2)7-8-13(15)16/h3-9,15,17,19H,10H2,1-2H3. The van der Waals surface area contributed by atoms with Crippen molar-refractivity contribution in [1.29, 1.82) is 0 Å². The lowest BCUT2D eigenvalue weighted by Gasteiger charge is -2.32. The van der Waals surface area contributed by atoms with Crippen molar-refractivity contribution < 1.29 is 13.9 Å². The number of benzene rings is 2. The van der Waals surface area contributed by atoms with Crippen LogP contribution >= 0.6 is 0 Å². The SMILES string of the molecule is CNC1CC(c2ccccc2F)Oc2cc(OC)ccc21. The zero-order valence-corrected chi connectivity index (χ0v) is 12.1. The molecule has 0 amide bonds. The van der Waals surface area contributed by atoms with E-state index in [1.165, 1.54) is 6.07 Å². The molecule has 1 aliphatic heterocycles. The number of ether oxygens (including phenoxy) is 2. The van der Waals surface area contributed by atoms with Crippen LogP contribution in [0.1, 0.15) is 29.7 Å². The van der Waals surface area contributed by atoms with E-state index in [0.29, 0.717) is 12.0 Å². The summed E-state index contributed by atoms with van der Waals surface area (Å²) in [5.74, 6) is 1.25. The third-order valence-electron chi connectivity index (χ3n) is 3.92. The number of halogens is 1. The number of hydrogen-bond acceptors (Lipinski definition) is 3. The first kappa shape index (κ1) is 13.9. The number of rotatable bonds is 3. The Hall–Kier alpha value is -2.07. The van der Waals surface area contributed by atoms with E-state index in [0.717, 1.165) is 17.1 Å². The van der Waals surface area contributed by atoms with E-state index in [2.05, 4.69) is 5.32 Å². The molecule has 21 heavy (non-hydrogen) atoms. The van der Waals surface area contributed by atoms with Gasteiger partial charge in [-0.25, -0.2) is 4.39 Å². The zero-order valence-electron chi connectivity index (χ0n) is 12.1. The smallest absolute Gasteiger partial charge is 0.130 e. The maximum atomic E-state index is 14.0. The largest absolute Gasteiger partial charge is 0.497 e. The fraction of sp³-hybridized carbons (Fsp3) is 0.294. The molecule has 0 radical (unpaired) electrons. The van der Waals surface area contributed by atoms with E-state index in [-0.39, 0.29) is 18.0 Å². The Bertz CT molecular complexity index is 644. The second-order valence-corrected chi connectivity index (χ2v) is 5.11. The van der Waals surface area contributed by atoms with Crippen molar-refractivity contribution in [2.24, 2.45) is 0 Å². The van der Waals surface area contributed by atoms with Gasteiger partial charge in [0.15, 0.2) is 0 Å². The lowest BCUT2D eigenvalue weighted by molar-refractivity contribution is 0.149. The highest BCUT2D eigenvalue weighted by atomic mass is 19.1. The third-order valence-corrected chi connectivity index (χ3v) is 3.92. The Balaban J connectivity index is 1.99. The van der Waals surface area contributed by atoms with Gasteiger partial charge in [-0.15, -0.1) is 0 Å². The van der Waals surface area contributed by atoms with Gasteiger partial charge in [0, 0.05) is 29.7 Å². The summed E-state index contributed by atoms with van der Waals surface area (Å²) in [6, 6.07) is 12.6. The quantitative estimate of drug-likeness (QED) is 0.935. The molecule has 0 aliphatic carbocycles. The molecule has 0 saturated carbocycles. The van der Waals surface area contributed by atoms with Gasteiger partial charge in [0.05, 0.1) is 7.11 Å². The van der Waals surface area contributed by atoms with Crippen LogP contribution in [0.3, 0.4) is 0 Å². The van der Waals surface area contributed by atoms with Crippen LogP contribution in [0.15, 0.2) is 42.5 Å². The van der Waals surface area contributed by atoms with Gasteiger partial charge in [-0.3, -0.25) is 0 Å². The van der Waals surface area contributed by atoms with E-state index in [1.807, 2.05) is 31.3 Å². The summed E-state index contributed by atoms with van der Waals surface area (Å²) >= 11 is 0. The average Bonchev–Trinajstić information content (AvgIpc) is 2.53. The Labute approximate surface area is 123 Å². The predicted molar refractivity (Wildman–Crippen MR) is 79.2 cm³/mol. The highest BCUT2D eigenvalue weighted by molar-refractivity contribution is 5.44. The second-order valence-electron chi connectivity index (χ2n) is 5.11.